The molecule has 0 spiro atoms. The second-order valence-corrected chi connectivity index (χ2v) is 9.90. The third kappa shape index (κ3) is 6.99. The van der Waals surface area contributed by atoms with Crippen molar-refractivity contribution in [2.45, 2.75) is 50.4 Å². The molecule has 1 aromatic carbocycles. The molecular formula is C27H27F4N7O3. The number of aromatic nitrogens is 3. The molecule has 3 aromatic rings. The summed E-state index contributed by atoms with van der Waals surface area (Å²) in [5.41, 5.74) is -1.89. The summed E-state index contributed by atoms with van der Waals surface area (Å²) in [5, 5.41) is 7.89. The SMILES string of the molecule is O=C(NC1(C(=O)NCc2ccc(Nc3ccc(F)cc3C(F)(F)F)cn2)CC1)Oc1cnc(N2CCCCC2)nc1. The first kappa shape index (κ1) is 28.1. The number of piperidine rings is 1. The summed E-state index contributed by atoms with van der Waals surface area (Å²) in [4.78, 5) is 40.0. The van der Waals surface area contributed by atoms with E-state index in [-0.39, 0.29) is 23.7 Å². The molecule has 41 heavy (non-hydrogen) atoms. The average molecular weight is 574 g/mol. The van der Waals surface area contributed by atoms with Gasteiger partial charge in [0.05, 0.1) is 47.8 Å². The summed E-state index contributed by atoms with van der Waals surface area (Å²) in [6.45, 7) is 1.79. The minimum Gasteiger partial charge on any atom is -0.407 e. The zero-order valence-electron chi connectivity index (χ0n) is 21.8. The largest absolute Gasteiger partial charge is 0.418 e. The van der Waals surface area contributed by atoms with E-state index in [1.807, 2.05) is 0 Å². The Bertz CT molecular complexity index is 1390. The number of benzene rings is 1. The van der Waals surface area contributed by atoms with Crippen LogP contribution in [0.2, 0.25) is 0 Å². The van der Waals surface area contributed by atoms with E-state index < -0.39 is 35.1 Å². The first-order chi connectivity index (χ1) is 19.6. The minimum absolute atomic E-state index is 0.0216. The predicted octanol–water partition coefficient (Wildman–Crippen LogP) is 4.70. The minimum atomic E-state index is -4.74. The quantitative estimate of drug-likeness (QED) is 0.332. The average Bonchev–Trinajstić information content (AvgIpc) is 3.74. The van der Waals surface area contributed by atoms with Crippen LogP contribution in [0.25, 0.3) is 0 Å². The molecular weight excluding hydrogens is 546 g/mol. The van der Waals surface area contributed by atoms with E-state index in [1.54, 1.807) is 0 Å². The highest BCUT2D eigenvalue weighted by atomic mass is 19.4. The van der Waals surface area contributed by atoms with Gasteiger partial charge in [0.1, 0.15) is 11.4 Å². The molecule has 2 fully saturated rings. The maximum Gasteiger partial charge on any atom is 0.418 e. The molecule has 0 bridgehead atoms. The number of hydrogen-bond acceptors (Lipinski definition) is 8. The van der Waals surface area contributed by atoms with Crippen molar-refractivity contribution in [1.29, 1.82) is 0 Å². The van der Waals surface area contributed by atoms with Crippen LogP contribution in [0, 0.1) is 5.82 Å². The number of nitrogens with one attached hydrogen (secondary N) is 3. The summed E-state index contributed by atoms with van der Waals surface area (Å²) in [7, 11) is 0. The van der Waals surface area contributed by atoms with Crippen LogP contribution < -0.4 is 25.6 Å². The van der Waals surface area contributed by atoms with Crippen LogP contribution in [0.3, 0.4) is 0 Å². The van der Waals surface area contributed by atoms with Gasteiger partial charge in [0.15, 0.2) is 5.75 Å². The number of ether oxygens (including phenoxy) is 1. The lowest BCUT2D eigenvalue weighted by Crippen LogP contribution is -2.49. The Morgan fingerprint density at radius 2 is 1.71 bits per heavy atom. The van der Waals surface area contributed by atoms with Crippen molar-refractivity contribution in [2.24, 2.45) is 0 Å². The number of amides is 2. The molecule has 5 rings (SSSR count). The van der Waals surface area contributed by atoms with E-state index in [9.17, 15) is 27.2 Å². The monoisotopic (exact) mass is 573 g/mol. The van der Waals surface area contributed by atoms with Gasteiger partial charge < -0.3 is 25.6 Å². The van der Waals surface area contributed by atoms with Gasteiger partial charge in [0.2, 0.25) is 11.9 Å². The fourth-order valence-corrected chi connectivity index (χ4v) is 4.44. The van der Waals surface area contributed by atoms with Crippen LogP contribution in [0.5, 0.6) is 5.75 Å². The van der Waals surface area contributed by atoms with Crippen LogP contribution >= 0.6 is 0 Å². The third-order valence-electron chi connectivity index (χ3n) is 6.81. The molecule has 1 saturated carbocycles. The molecule has 1 aliphatic carbocycles. The summed E-state index contributed by atoms with van der Waals surface area (Å²) >= 11 is 0. The van der Waals surface area contributed by atoms with Gasteiger partial charge in [-0.2, -0.15) is 13.2 Å². The Hall–Kier alpha value is -4.49. The van der Waals surface area contributed by atoms with Gasteiger partial charge in [0.25, 0.3) is 0 Å². The summed E-state index contributed by atoms with van der Waals surface area (Å²) in [6.07, 6.45) is 2.77. The first-order valence-electron chi connectivity index (χ1n) is 13.1. The smallest absolute Gasteiger partial charge is 0.407 e. The molecule has 0 atom stereocenters. The number of alkyl halides is 3. The normalized spacial score (nSPS) is 16.0. The highest BCUT2D eigenvalue weighted by Crippen LogP contribution is 2.37. The van der Waals surface area contributed by atoms with Crippen molar-refractivity contribution in [3.63, 3.8) is 0 Å². The van der Waals surface area contributed by atoms with E-state index in [4.69, 9.17) is 4.74 Å². The second-order valence-electron chi connectivity index (χ2n) is 9.90. The molecule has 3 heterocycles. The van der Waals surface area contributed by atoms with Crippen LogP contribution in [-0.4, -0.2) is 45.6 Å². The van der Waals surface area contributed by atoms with Gasteiger partial charge in [-0.1, -0.05) is 0 Å². The molecule has 0 radical (unpaired) electrons. The highest BCUT2D eigenvalue weighted by molar-refractivity contribution is 5.93. The van der Waals surface area contributed by atoms with Crippen molar-refractivity contribution in [3.05, 3.63) is 66.0 Å². The van der Waals surface area contributed by atoms with Crippen molar-refractivity contribution >= 4 is 29.3 Å². The lowest BCUT2D eigenvalue weighted by Gasteiger charge is -2.26. The summed E-state index contributed by atoms with van der Waals surface area (Å²) < 4.78 is 58.3. The molecule has 2 amide bonds. The Kier molecular flexibility index (Phi) is 7.90. The number of anilines is 3. The van der Waals surface area contributed by atoms with Crippen molar-refractivity contribution in [1.82, 2.24) is 25.6 Å². The number of pyridine rings is 1. The van der Waals surface area contributed by atoms with Crippen LogP contribution in [0.1, 0.15) is 43.4 Å². The van der Waals surface area contributed by atoms with E-state index in [2.05, 4.69) is 35.8 Å². The van der Waals surface area contributed by atoms with Crippen molar-refractivity contribution in [2.75, 3.05) is 23.3 Å². The highest BCUT2D eigenvalue weighted by Gasteiger charge is 2.51. The zero-order chi connectivity index (χ0) is 29.0. The summed E-state index contributed by atoms with van der Waals surface area (Å²) in [5.74, 6) is -0.690. The Morgan fingerprint density at radius 1 is 0.976 bits per heavy atom. The number of rotatable bonds is 8. The van der Waals surface area contributed by atoms with Crippen LogP contribution in [0.15, 0.2) is 48.9 Å². The fourth-order valence-electron chi connectivity index (χ4n) is 4.44. The van der Waals surface area contributed by atoms with Gasteiger partial charge in [-0.15, -0.1) is 0 Å². The molecule has 216 valence electrons. The standard InChI is InChI=1S/C27H27F4N7O3/c28-17-4-7-22(21(12-17)27(29,30)31)36-19-6-5-18(32-14-19)13-33-23(39)26(8-9-26)37-25(40)41-20-15-34-24(35-16-20)38-10-2-1-3-11-38/h4-7,12,14-16,36H,1-3,8-11,13H2,(H,33,39)(H,37,40). The third-order valence-corrected chi connectivity index (χ3v) is 6.81. The lowest BCUT2D eigenvalue weighted by atomic mass is 10.1. The van der Waals surface area contributed by atoms with Gasteiger partial charge in [-0.05, 0) is 62.4 Å². The van der Waals surface area contributed by atoms with Gasteiger partial charge in [0, 0.05) is 13.1 Å². The maximum atomic E-state index is 13.3. The number of carbonyl (C=O) groups excluding carboxylic acids is 2. The molecule has 14 heteroatoms. The van der Waals surface area contributed by atoms with E-state index in [1.165, 1.54) is 37.1 Å². The van der Waals surface area contributed by atoms with Crippen LogP contribution in [-0.2, 0) is 17.5 Å². The molecule has 2 aliphatic rings. The predicted molar refractivity (Wildman–Crippen MR) is 140 cm³/mol. The molecule has 1 saturated heterocycles. The van der Waals surface area contributed by atoms with Crippen molar-refractivity contribution < 1.29 is 31.9 Å². The van der Waals surface area contributed by atoms with E-state index in [0.717, 1.165) is 38.1 Å². The Labute approximate surface area is 232 Å². The fraction of sp³-hybridized carbons (Fsp3) is 0.370. The van der Waals surface area contributed by atoms with Gasteiger partial charge >= 0.3 is 12.3 Å². The summed E-state index contributed by atoms with van der Waals surface area (Å²) in [6, 6.07) is 5.34. The number of hydrogen-bond donors (Lipinski definition) is 3. The maximum absolute atomic E-state index is 13.3. The Morgan fingerprint density at radius 3 is 2.34 bits per heavy atom. The molecule has 3 N–H and O–H groups in total. The number of nitrogens with zero attached hydrogens (tertiary/aromatic N) is 4. The zero-order valence-corrected chi connectivity index (χ0v) is 21.8. The topological polar surface area (TPSA) is 121 Å². The van der Waals surface area contributed by atoms with Gasteiger partial charge in [-0.3, -0.25) is 9.78 Å². The first-order valence-corrected chi connectivity index (χ1v) is 13.1. The Balaban J connectivity index is 1.11. The molecule has 2 aromatic heterocycles. The van der Waals surface area contributed by atoms with Crippen LogP contribution in [0.4, 0.5) is 39.7 Å². The molecule has 0 unspecified atom stereocenters. The molecule has 10 nitrogen and oxygen atoms in total. The number of halogens is 4. The second kappa shape index (κ2) is 11.6. The lowest BCUT2D eigenvalue weighted by molar-refractivity contribution is -0.137. The van der Waals surface area contributed by atoms with E-state index >= 15 is 0 Å². The molecule has 1 aliphatic heterocycles. The van der Waals surface area contributed by atoms with Crippen molar-refractivity contribution in [3.8, 4) is 5.75 Å². The number of carbonyl (C=O) groups is 2. The van der Waals surface area contributed by atoms with Gasteiger partial charge in [-0.25, -0.2) is 19.2 Å². The van der Waals surface area contributed by atoms with E-state index in [0.29, 0.717) is 30.6 Å².